The molecule has 6 heteroatoms. The van der Waals surface area contributed by atoms with Gasteiger partial charge in [0.15, 0.2) is 5.60 Å². The quantitative estimate of drug-likeness (QED) is 0.700. The van der Waals surface area contributed by atoms with E-state index >= 15 is 0 Å². The molecule has 1 aromatic carbocycles. The standard InChI is InChI=1S/C20H25F2NO3/c1-2-17-11-14(8-10-23-17)13-3-5-15(6-4-13)20(26,18(24)25)16-7-9-19(21,22)12-16/h2-6,14,16-17,23,26H,1,7-12H2,(H,24,25)/t14-,16-,17-,20+/m1/s1. The fourth-order valence-electron chi connectivity index (χ4n) is 4.28. The average Bonchev–Trinajstić information content (AvgIpc) is 3.01. The number of aliphatic hydroxyl groups is 1. The maximum Gasteiger partial charge on any atom is 0.340 e. The van der Waals surface area contributed by atoms with Crippen molar-refractivity contribution in [2.75, 3.05) is 6.54 Å². The van der Waals surface area contributed by atoms with E-state index in [4.69, 9.17) is 0 Å². The zero-order valence-electron chi connectivity index (χ0n) is 14.6. The first-order valence-electron chi connectivity index (χ1n) is 9.06. The van der Waals surface area contributed by atoms with Gasteiger partial charge in [0.2, 0.25) is 5.92 Å². The van der Waals surface area contributed by atoms with Crippen molar-refractivity contribution in [3.63, 3.8) is 0 Å². The largest absolute Gasteiger partial charge is 0.479 e. The van der Waals surface area contributed by atoms with Crippen LogP contribution in [0.15, 0.2) is 36.9 Å². The molecule has 1 heterocycles. The molecule has 142 valence electrons. The number of rotatable bonds is 5. The van der Waals surface area contributed by atoms with Crippen molar-refractivity contribution in [2.45, 2.75) is 55.6 Å². The van der Waals surface area contributed by atoms with Crippen molar-refractivity contribution in [3.8, 4) is 0 Å². The number of nitrogens with one attached hydrogen (secondary N) is 1. The Balaban J connectivity index is 1.83. The molecule has 1 saturated carbocycles. The van der Waals surface area contributed by atoms with E-state index in [1.54, 1.807) is 12.1 Å². The highest BCUT2D eigenvalue weighted by Gasteiger charge is 2.53. The number of carboxylic acids is 1. The summed E-state index contributed by atoms with van der Waals surface area (Å²) in [5.41, 5.74) is -1.05. The molecule has 1 aromatic rings. The Bertz CT molecular complexity index is 676. The normalized spacial score (nSPS) is 30.5. The number of benzene rings is 1. The van der Waals surface area contributed by atoms with Gasteiger partial charge in [0.25, 0.3) is 0 Å². The van der Waals surface area contributed by atoms with Crippen molar-refractivity contribution in [3.05, 3.63) is 48.0 Å². The highest BCUT2D eigenvalue weighted by Crippen LogP contribution is 2.47. The fraction of sp³-hybridized carbons (Fsp3) is 0.550. The molecule has 1 saturated heterocycles. The van der Waals surface area contributed by atoms with Gasteiger partial charge in [0, 0.05) is 24.8 Å². The summed E-state index contributed by atoms with van der Waals surface area (Å²) >= 11 is 0. The van der Waals surface area contributed by atoms with Gasteiger partial charge in [0.1, 0.15) is 0 Å². The van der Waals surface area contributed by atoms with Crippen LogP contribution in [0.3, 0.4) is 0 Å². The highest BCUT2D eigenvalue weighted by molar-refractivity contribution is 5.79. The molecule has 3 rings (SSSR count). The van der Waals surface area contributed by atoms with E-state index in [2.05, 4.69) is 11.9 Å². The van der Waals surface area contributed by atoms with Crippen LogP contribution in [0.4, 0.5) is 8.78 Å². The zero-order chi connectivity index (χ0) is 18.9. The molecule has 4 nitrogen and oxygen atoms in total. The molecule has 0 unspecified atom stereocenters. The van der Waals surface area contributed by atoms with Crippen LogP contribution < -0.4 is 5.32 Å². The lowest BCUT2D eigenvalue weighted by atomic mass is 9.78. The van der Waals surface area contributed by atoms with Crippen LogP contribution in [0, 0.1) is 5.92 Å². The first-order chi connectivity index (χ1) is 12.3. The van der Waals surface area contributed by atoms with Crippen molar-refractivity contribution in [1.29, 1.82) is 0 Å². The number of aliphatic carboxylic acids is 1. The molecule has 0 aromatic heterocycles. The van der Waals surface area contributed by atoms with Crippen molar-refractivity contribution < 1.29 is 23.8 Å². The molecular formula is C20H25F2NO3. The number of hydrogen-bond acceptors (Lipinski definition) is 3. The molecule has 2 fully saturated rings. The van der Waals surface area contributed by atoms with Gasteiger partial charge in [0.05, 0.1) is 0 Å². The molecule has 0 amide bonds. The van der Waals surface area contributed by atoms with Gasteiger partial charge in [-0.3, -0.25) is 0 Å². The Hall–Kier alpha value is -1.79. The zero-order valence-corrected chi connectivity index (χ0v) is 14.6. The molecule has 0 bridgehead atoms. The molecule has 1 aliphatic heterocycles. The first kappa shape index (κ1) is 19.0. The molecule has 4 atom stereocenters. The predicted octanol–water partition coefficient (Wildman–Crippen LogP) is 3.42. The van der Waals surface area contributed by atoms with Gasteiger partial charge in [-0.05, 0) is 42.9 Å². The van der Waals surface area contributed by atoms with E-state index in [-0.39, 0.29) is 24.4 Å². The summed E-state index contributed by atoms with van der Waals surface area (Å²) in [7, 11) is 0. The number of carbonyl (C=O) groups is 1. The highest BCUT2D eigenvalue weighted by atomic mass is 19.3. The molecule has 0 radical (unpaired) electrons. The topological polar surface area (TPSA) is 69.6 Å². The molecule has 1 aliphatic carbocycles. The summed E-state index contributed by atoms with van der Waals surface area (Å²) in [6.07, 6.45) is 2.75. The summed E-state index contributed by atoms with van der Waals surface area (Å²) in [5.74, 6) is -5.06. The van der Waals surface area contributed by atoms with Crippen molar-refractivity contribution >= 4 is 5.97 Å². The minimum atomic E-state index is -2.91. The summed E-state index contributed by atoms with van der Waals surface area (Å²) in [4.78, 5) is 11.8. The number of hydrogen-bond donors (Lipinski definition) is 3. The van der Waals surface area contributed by atoms with Crippen molar-refractivity contribution in [1.82, 2.24) is 5.32 Å². The third-order valence-corrected chi connectivity index (χ3v) is 5.86. The second-order valence-electron chi connectivity index (χ2n) is 7.51. The van der Waals surface area contributed by atoms with Crippen LogP contribution in [0.5, 0.6) is 0 Å². The number of piperidine rings is 1. The minimum absolute atomic E-state index is 0.00708. The van der Waals surface area contributed by atoms with Gasteiger partial charge in [-0.2, -0.15) is 0 Å². The first-order valence-corrected chi connectivity index (χ1v) is 9.06. The monoisotopic (exact) mass is 365 g/mol. The summed E-state index contributed by atoms with van der Waals surface area (Å²) < 4.78 is 27.1. The minimum Gasteiger partial charge on any atom is -0.479 e. The van der Waals surface area contributed by atoms with Gasteiger partial charge < -0.3 is 15.5 Å². The Morgan fingerprint density at radius 3 is 2.54 bits per heavy atom. The molecule has 26 heavy (non-hydrogen) atoms. The molecular weight excluding hydrogens is 340 g/mol. The van der Waals surface area contributed by atoms with Crippen LogP contribution >= 0.6 is 0 Å². The molecule has 2 aliphatic rings. The number of halogens is 2. The fourth-order valence-corrected chi connectivity index (χ4v) is 4.28. The second-order valence-corrected chi connectivity index (χ2v) is 7.51. The van der Waals surface area contributed by atoms with Gasteiger partial charge >= 0.3 is 5.97 Å². The SMILES string of the molecule is C=C[C@@H]1C[C@H](c2ccc([C@@](O)(C(=O)O)[C@@H]3CCC(F)(F)C3)cc2)CCN1. The van der Waals surface area contributed by atoms with Crippen molar-refractivity contribution in [2.24, 2.45) is 5.92 Å². The lowest BCUT2D eigenvalue weighted by molar-refractivity contribution is -0.167. The second kappa shape index (κ2) is 7.08. The average molecular weight is 365 g/mol. The molecule has 3 N–H and O–H groups in total. The number of alkyl halides is 2. The lowest BCUT2D eigenvalue weighted by Crippen LogP contribution is -2.42. The van der Waals surface area contributed by atoms with Gasteiger partial charge in [-0.15, -0.1) is 6.58 Å². The van der Waals surface area contributed by atoms with Gasteiger partial charge in [-0.25, -0.2) is 13.6 Å². The third-order valence-electron chi connectivity index (χ3n) is 5.86. The van der Waals surface area contributed by atoms with Crippen LogP contribution in [-0.2, 0) is 10.4 Å². The predicted molar refractivity (Wildman–Crippen MR) is 94.2 cm³/mol. The van der Waals surface area contributed by atoms with Crippen LogP contribution in [0.25, 0.3) is 0 Å². The third kappa shape index (κ3) is 3.53. The lowest BCUT2D eigenvalue weighted by Gasteiger charge is -2.31. The van der Waals surface area contributed by atoms with E-state index in [0.29, 0.717) is 5.92 Å². The number of carboxylic acid groups (broad SMARTS) is 1. The maximum atomic E-state index is 13.6. The van der Waals surface area contributed by atoms with E-state index in [9.17, 15) is 23.8 Å². The summed E-state index contributed by atoms with van der Waals surface area (Å²) in [6.45, 7) is 4.69. The van der Waals surface area contributed by atoms with E-state index < -0.39 is 29.8 Å². The maximum absolute atomic E-state index is 13.6. The van der Waals surface area contributed by atoms with Crippen LogP contribution in [-0.4, -0.2) is 34.7 Å². The smallest absolute Gasteiger partial charge is 0.340 e. The van der Waals surface area contributed by atoms with E-state index in [0.717, 1.165) is 24.9 Å². The summed E-state index contributed by atoms with van der Waals surface area (Å²) in [6, 6.07) is 7.01. The Morgan fingerprint density at radius 2 is 2.00 bits per heavy atom. The van der Waals surface area contributed by atoms with E-state index in [1.807, 2.05) is 18.2 Å². The Kier molecular flexibility index (Phi) is 5.17. The van der Waals surface area contributed by atoms with Crippen LogP contribution in [0.2, 0.25) is 0 Å². The Morgan fingerprint density at radius 1 is 1.31 bits per heavy atom. The molecule has 0 spiro atoms. The Labute approximate surface area is 151 Å². The van der Waals surface area contributed by atoms with Gasteiger partial charge in [-0.1, -0.05) is 30.3 Å². The summed E-state index contributed by atoms with van der Waals surface area (Å²) in [5, 5.41) is 23.8. The van der Waals surface area contributed by atoms with E-state index in [1.165, 1.54) is 0 Å². The van der Waals surface area contributed by atoms with Crippen LogP contribution in [0.1, 0.15) is 49.1 Å².